The van der Waals surface area contributed by atoms with Crippen LogP contribution in [0.3, 0.4) is 0 Å². The number of carbonyl (C=O) groups excluding carboxylic acids is 2. The molecule has 0 fully saturated rings. The van der Waals surface area contributed by atoms with Crippen LogP contribution in [-0.2, 0) is 9.59 Å². The van der Waals surface area contributed by atoms with Crippen molar-refractivity contribution in [1.82, 2.24) is 15.5 Å². The summed E-state index contributed by atoms with van der Waals surface area (Å²) in [4.78, 5) is 25.9. The smallest absolute Gasteiger partial charge is 0.221 e. The molecule has 0 bridgehead atoms. The zero-order valence-electron chi connectivity index (χ0n) is 16.5. The predicted octanol–water partition coefficient (Wildman–Crippen LogP) is 2.80. The van der Waals surface area contributed by atoms with Gasteiger partial charge in [0, 0.05) is 39.0 Å². The third kappa shape index (κ3) is 14.5. The van der Waals surface area contributed by atoms with Crippen LogP contribution in [-0.4, -0.2) is 49.4 Å². The Hall–Kier alpha value is -1.10. The molecule has 0 unspecified atom stereocenters. The van der Waals surface area contributed by atoms with Crippen molar-refractivity contribution in [2.75, 3.05) is 32.7 Å². The fourth-order valence-corrected chi connectivity index (χ4v) is 2.24. The third-order valence-corrected chi connectivity index (χ3v) is 3.95. The second-order valence-corrected chi connectivity index (χ2v) is 7.41. The largest absolute Gasteiger partial charge is 0.356 e. The predicted molar refractivity (Wildman–Crippen MR) is 101 cm³/mol. The molecule has 0 saturated carbocycles. The summed E-state index contributed by atoms with van der Waals surface area (Å²) in [7, 11) is 0. The van der Waals surface area contributed by atoms with Gasteiger partial charge in [-0.15, -0.1) is 0 Å². The molecule has 142 valence electrons. The Labute approximate surface area is 148 Å². The highest BCUT2D eigenvalue weighted by atomic mass is 16.2. The normalized spacial score (nSPS) is 11.3. The fourth-order valence-electron chi connectivity index (χ4n) is 2.24. The van der Waals surface area contributed by atoms with E-state index in [9.17, 15) is 9.59 Å². The molecule has 5 heteroatoms. The summed E-state index contributed by atoms with van der Waals surface area (Å²) in [5.74, 6) is 1.45. The molecule has 0 aliphatic carbocycles. The van der Waals surface area contributed by atoms with E-state index in [0.29, 0.717) is 24.7 Å². The molecule has 2 amide bonds. The number of rotatable bonds is 14. The molecule has 0 rings (SSSR count). The Bertz CT molecular complexity index is 344. The molecule has 0 radical (unpaired) electrons. The minimum absolute atomic E-state index is 0.104. The summed E-state index contributed by atoms with van der Waals surface area (Å²) in [6.07, 6.45) is 4.07. The lowest BCUT2D eigenvalue weighted by molar-refractivity contribution is -0.121. The zero-order valence-corrected chi connectivity index (χ0v) is 16.5. The van der Waals surface area contributed by atoms with Crippen molar-refractivity contribution in [2.24, 2.45) is 11.8 Å². The summed E-state index contributed by atoms with van der Waals surface area (Å²) in [6, 6.07) is 0. The molecule has 0 spiro atoms. The molecular formula is C19H39N3O2. The molecule has 0 aromatic carbocycles. The Morgan fingerprint density at radius 2 is 1.29 bits per heavy atom. The Kier molecular flexibility index (Phi) is 13.6. The van der Waals surface area contributed by atoms with Crippen molar-refractivity contribution >= 4 is 11.8 Å². The van der Waals surface area contributed by atoms with E-state index in [0.717, 1.165) is 52.0 Å². The molecule has 0 aliphatic heterocycles. The van der Waals surface area contributed by atoms with Gasteiger partial charge in [-0.3, -0.25) is 9.59 Å². The lowest BCUT2D eigenvalue weighted by Crippen LogP contribution is -2.35. The van der Waals surface area contributed by atoms with Crippen molar-refractivity contribution in [1.29, 1.82) is 0 Å². The highest BCUT2D eigenvalue weighted by Gasteiger charge is 2.11. The molecule has 2 N–H and O–H groups in total. The maximum absolute atomic E-state index is 11.9. The van der Waals surface area contributed by atoms with Crippen molar-refractivity contribution < 1.29 is 9.59 Å². The van der Waals surface area contributed by atoms with Gasteiger partial charge in [-0.05, 0) is 37.6 Å². The van der Waals surface area contributed by atoms with E-state index in [1.165, 1.54) is 0 Å². The molecule has 5 nitrogen and oxygen atoms in total. The van der Waals surface area contributed by atoms with Gasteiger partial charge in [0.15, 0.2) is 0 Å². The number of hydrogen-bond acceptors (Lipinski definition) is 3. The highest BCUT2D eigenvalue weighted by Crippen LogP contribution is 2.04. The van der Waals surface area contributed by atoms with Gasteiger partial charge in [-0.2, -0.15) is 0 Å². The van der Waals surface area contributed by atoms with Crippen LogP contribution in [0.1, 0.15) is 66.7 Å². The summed E-state index contributed by atoms with van der Waals surface area (Å²) < 4.78 is 0. The molecule has 0 saturated heterocycles. The number of carbonyl (C=O) groups is 2. The van der Waals surface area contributed by atoms with Gasteiger partial charge in [0.1, 0.15) is 0 Å². The summed E-state index contributed by atoms with van der Waals surface area (Å²) >= 11 is 0. The third-order valence-electron chi connectivity index (χ3n) is 3.95. The van der Waals surface area contributed by atoms with Crippen LogP contribution in [0.4, 0.5) is 0 Å². The van der Waals surface area contributed by atoms with E-state index in [-0.39, 0.29) is 11.8 Å². The Balaban J connectivity index is 4.15. The van der Waals surface area contributed by atoms with Gasteiger partial charge in [0.25, 0.3) is 0 Å². The Morgan fingerprint density at radius 3 is 1.75 bits per heavy atom. The van der Waals surface area contributed by atoms with Crippen molar-refractivity contribution in [3.63, 3.8) is 0 Å². The SMILES string of the molecule is CCCNC(=O)CCN(CCC(=O)NCCC(C)C)CCC(C)C. The maximum atomic E-state index is 11.9. The first-order chi connectivity index (χ1) is 11.3. The molecule has 0 atom stereocenters. The van der Waals surface area contributed by atoms with Gasteiger partial charge < -0.3 is 15.5 Å². The van der Waals surface area contributed by atoms with Crippen LogP contribution in [0, 0.1) is 11.8 Å². The standard InChI is InChI=1S/C19H39N3O2/c1-6-11-20-18(23)9-14-22(13-8-17(4)5)15-10-19(24)21-12-7-16(2)3/h16-17H,6-15H2,1-5H3,(H,20,23)(H,21,24). The van der Waals surface area contributed by atoms with E-state index in [1.807, 2.05) is 6.92 Å². The molecule has 0 aromatic rings. The summed E-state index contributed by atoms with van der Waals surface area (Å²) in [5, 5.41) is 5.89. The van der Waals surface area contributed by atoms with Crippen LogP contribution < -0.4 is 10.6 Å². The van der Waals surface area contributed by atoms with Gasteiger partial charge in [0.2, 0.25) is 11.8 Å². The molecular weight excluding hydrogens is 302 g/mol. The number of hydrogen-bond donors (Lipinski definition) is 2. The van der Waals surface area contributed by atoms with Crippen molar-refractivity contribution in [2.45, 2.75) is 66.7 Å². The van der Waals surface area contributed by atoms with E-state index in [4.69, 9.17) is 0 Å². The average Bonchev–Trinajstić information content (AvgIpc) is 2.51. The Morgan fingerprint density at radius 1 is 0.792 bits per heavy atom. The second-order valence-electron chi connectivity index (χ2n) is 7.41. The van der Waals surface area contributed by atoms with Crippen LogP contribution >= 0.6 is 0 Å². The topological polar surface area (TPSA) is 61.4 Å². The summed E-state index contributed by atoms with van der Waals surface area (Å²) in [5.41, 5.74) is 0. The number of nitrogens with zero attached hydrogens (tertiary/aromatic N) is 1. The van der Waals surface area contributed by atoms with E-state index < -0.39 is 0 Å². The fraction of sp³-hybridized carbons (Fsp3) is 0.895. The first-order valence-corrected chi connectivity index (χ1v) is 9.60. The first-order valence-electron chi connectivity index (χ1n) is 9.60. The second kappa shape index (κ2) is 14.3. The lowest BCUT2D eigenvalue weighted by atomic mass is 10.1. The van der Waals surface area contributed by atoms with Crippen LogP contribution in [0.15, 0.2) is 0 Å². The zero-order chi connectivity index (χ0) is 18.4. The summed E-state index contributed by atoms with van der Waals surface area (Å²) in [6.45, 7) is 14.6. The van der Waals surface area contributed by atoms with E-state index in [1.54, 1.807) is 0 Å². The molecule has 24 heavy (non-hydrogen) atoms. The molecule has 0 aliphatic rings. The van der Waals surface area contributed by atoms with Gasteiger partial charge in [-0.1, -0.05) is 34.6 Å². The van der Waals surface area contributed by atoms with Crippen LogP contribution in [0.2, 0.25) is 0 Å². The molecule has 0 heterocycles. The van der Waals surface area contributed by atoms with Crippen molar-refractivity contribution in [3.05, 3.63) is 0 Å². The van der Waals surface area contributed by atoms with Crippen LogP contribution in [0.25, 0.3) is 0 Å². The monoisotopic (exact) mass is 341 g/mol. The number of amides is 2. The van der Waals surface area contributed by atoms with Crippen LogP contribution in [0.5, 0.6) is 0 Å². The molecule has 0 aromatic heterocycles. The average molecular weight is 342 g/mol. The van der Waals surface area contributed by atoms with Crippen molar-refractivity contribution in [3.8, 4) is 0 Å². The number of nitrogens with one attached hydrogen (secondary N) is 2. The van der Waals surface area contributed by atoms with Gasteiger partial charge >= 0.3 is 0 Å². The minimum atomic E-state index is 0.104. The quantitative estimate of drug-likeness (QED) is 0.511. The minimum Gasteiger partial charge on any atom is -0.356 e. The maximum Gasteiger partial charge on any atom is 0.221 e. The van der Waals surface area contributed by atoms with Gasteiger partial charge in [0.05, 0.1) is 0 Å². The van der Waals surface area contributed by atoms with Gasteiger partial charge in [-0.25, -0.2) is 0 Å². The lowest BCUT2D eigenvalue weighted by Gasteiger charge is -2.23. The first kappa shape index (κ1) is 22.9. The van der Waals surface area contributed by atoms with E-state index in [2.05, 4.69) is 43.2 Å². The van der Waals surface area contributed by atoms with E-state index >= 15 is 0 Å². The highest BCUT2D eigenvalue weighted by molar-refractivity contribution is 5.76.